The van der Waals surface area contributed by atoms with Crippen molar-refractivity contribution in [2.45, 2.75) is 39.0 Å². The van der Waals surface area contributed by atoms with Gasteiger partial charge in [0, 0.05) is 5.56 Å². The van der Waals surface area contributed by atoms with Crippen molar-refractivity contribution in [1.82, 2.24) is 0 Å². The summed E-state index contributed by atoms with van der Waals surface area (Å²) >= 11 is 0. The highest BCUT2D eigenvalue weighted by Gasteiger charge is 2.34. The van der Waals surface area contributed by atoms with Crippen molar-refractivity contribution in [2.75, 3.05) is 7.11 Å². The number of hydrogen-bond acceptors (Lipinski definition) is 3. The second-order valence-electron chi connectivity index (χ2n) is 6.01. The first-order valence-electron chi connectivity index (χ1n) is 8.45. The van der Waals surface area contributed by atoms with Crippen molar-refractivity contribution in [2.24, 2.45) is 0 Å². The van der Waals surface area contributed by atoms with Gasteiger partial charge in [0.05, 0.1) is 24.7 Å². The number of carbonyl (C=O) groups is 1. The van der Waals surface area contributed by atoms with Gasteiger partial charge in [0.25, 0.3) is 6.43 Å². The molecule has 0 N–H and O–H groups in total. The van der Waals surface area contributed by atoms with Gasteiger partial charge in [-0.2, -0.15) is 13.2 Å². The molecule has 0 amide bonds. The van der Waals surface area contributed by atoms with E-state index >= 15 is 0 Å². The molecule has 0 saturated heterocycles. The van der Waals surface area contributed by atoms with E-state index in [9.17, 15) is 26.7 Å². The number of carbonyl (C=O) groups excluding carboxylic acids is 1. The predicted molar refractivity (Wildman–Crippen MR) is 92.3 cm³/mol. The van der Waals surface area contributed by atoms with Crippen molar-refractivity contribution in [1.29, 1.82) is 0 Å². The third kappa shape index (κ3) is 5.21. The molecular formula is C20H19F5O3. The molecule has 0 heterocycles. The molecule has 0 aromatic heterocycles. The first-order chi connectivity index (χ1) is 13.2. The summed E-state index contributed by atoms with van der Waals surface area (Å²) in [6.45, 7) is 1.18. The molecule has 0 saturated carbocycles. The SMILES string of the molecule is CCc1ccc(OCc2c(CC(=O)OC)cccc2C(F)(F)F)c(C(F)F)c1. The normalized spacial score (nSPS) is 11.6. The van der Waals surface area contributed by atoms with Gasteiger partial charge in [-0.3, -0.25) is 4.79 Å². The number of benzene rings is 2. The molecular weight excluding hydrogens is 383 g/mol. The van der Waals surface area contributed by atoms with Gasteiger partial charge in [-0.05, 0) is 35.7 Å². The molecule has 0 fully saturated rings. The zero-order valence-corrected chi connectivity index (χ0v) is 15.3. The Morgan fingerprint density at radius 1 is 1.14 bits per heavy atom. The Balaban J connectivity index is 2.41. The van der Waals surface area contributed by atoms with E-state index < -0.39 is 42.7 Å². The zero-order chi connectivity index (χ0) is 20.9. The van der Waals surface area contributed by atoms with Gasteiger partial charge in [0.15, 0.2) is 0 Å². The van der Waals surface area contributed by atoms with E-state index in [1.165, 1.54) is 24.3 Å². The monoisotopic (exact) mass is 402 g/mol. The number of ether oxygens (including phenoxy) is 2. The third-order valence-electron chi connectivity index (χ3n) is 4.23. The molecule has 0 radical (unpaired) electrons. The molecule has 0 bridgehead atoms. The molecule has 3 nitrogen and oxygen atoms in total. The van der Waals surface area contributed by atoms with Gasteiger partial charge in [0.2, 0.25) is 0 Å². The molecule has 0 aliphatic rings. The minimum Gasteiger partial charge on any atom is -0.488 e. The first-order valence-corrected chi connectivity index (χ1v) is 8.45. The summed E-state index contributed by atoms with van der Waals surface area (Å²) in [6.07, 6.45) is -7.40. The minimum absolute atomic E-state index is 0.0606. The molecule has 2 aromatic carbocycles. The number of esters is 1. The summed E-state index contributed by atoms with van der Waals surface area (Å²) in [5, 5.41) is 0. The van der Waals surface area contributed by atoms with Gasteiger partial charge >= 0.3 is 12.1 Å². The summed E-state index contributed by atoms with van der Waals surface area (Å²) < 4.78 is 76.6. The fourth-order valence-corrected chi connectivity index (χ4v) is 2.73. The van der Waals surface area contributed by atoms with Crippen molar-refractivity contribution >= 4 is 5.97 Å². The van der Waals surface area contributed by atoms with E-state index in [1.54, 1.807) is 13.0 Å². The number of aryl methyl sites for hydroxylation is 1. The van der Waals surface area contributed by atoms with Crippen LogP contribution in [0.15, 0.2) is 36.4 Å². The largest absolute Gasteiger partial charge is 0.488 e. The number of rotatable bonds is 7. The summed E-state index contributed by atoms with van der Waals surface area (Å²) in [7, 11) is 1.12. The van der Waals surface area contributed by atoms with Crippen LogP contribution in [0.5, 0.6) is 5.75 Å². The average molecular weight is 402 g/mol. The van der Waals surface area contributed by atoms with Crippen molar-refractivity contribution < 1.29 is 36.2 Å². The Hall–Kier alpha value is -2.64. The molecule has 0 spiro atoms. The lowest BCUT2D eigenvalue weighted by Gasteiger charge is -2.18. The highest BCUT2D eigenvalue weighted by Crippen LogP contribution is 2.36. The Morgan fingerprint density at radius 2 is 1.86 bits per heavy atom. The lowest BCUT2D eigenvalue weighted by atomic mass is 9.98. The Labute approximate surface area is 159 Å². The van der Waals surface area contributed by atoms with E-state index in [1.807, 2.05) is 0 Å². The summed E-state index contributed by atoms with van der Waals surface area (Å²) in [5.41, 5.74) is -0.952. The van der Waals surface area contributed by atoms with Crippen LogP contribution in [0.2, 0.25) is 0 Å². The van der Waals surface area contributed by atoms with Gasteiger partial charge in [0.1, 0.15) is 12.4 Å². The molecule has 2 rings (SSSR count). The molecule has 152 valence electrons. The fraction of sp³-hybridized carbons (Fsp3) is 0.350. The molecule has 8 heteroatoms. The molecule has 28 heavy (non-hydrogen) atoms. The number of alkyl halides is 5. The van der Waals surface area contributed by atoms with Crippen LogP contribution in [-0.4, -0.2) is 13.1 Å². The van der Waals surface area contributed by atoms with Crippen LogP contribution in [0, 0.1) is 0 Å². The van der Waals surface area contributed by atoms with Crippen LogP contribution in [-0.2, 0) is 35.2 Å². The zero-order valence-electron chi connectivity index (χ0n) is 15.3. The van der Waals surface area contributed by atoms with Gasteiger partial charge in [-0.1, -0.05) is 25.1 Å². The third-order valence-corrected chi connectivity index (χ3v) is 4.23. The Kier molecular flexibility index (Phi) is 6.99. The maximum atomic E-state index is 13.4. The van der Waals surface area contributed by atoms with Crippen LogP contribution >= 0.6 is 0 Å². The van der Waals surface area contributed by atoms with E-state index in [0.717, 1.165) is 13.2 Å². The van der Waals surface area contributed by atoms with Gasteiger partial charge in [-0.25, -0.2) is 8.78 Å². The highest BCUT2D eigenvalue weighted by atomic mass is 19.4. The lowest BCUT2D eigenvalue weighted by Crippen LogP contribution is -2.16. The summed E-state index contributed by atoms with van der Waals surface area (Å²) in [4.78, 5) is 11.5. The first kappa shape index (κ1) is 21.7. The highest BCUT2D eigenvalue weighted by molar-refractivity contribution is 5.73. The molecule has 0 aliphatic carbocycles. The van der Waals surface area contributed by atoms with Crippen LogP contribution in [0.25, 0.3) is 0 Å². The van der Waals surface area contributed by atoms with Crippen molar-refractivity contribution in [3.05, 3.63) is 64.2 Å². The van der Waals surface area contributed by atoms with Crippen LogP contribution < -0.4 is 4.74 Å². The van der Waals surface area contributed by atoms with Crippen LogP contribution in [0.1, 0.15) is 41.2 Å². The lowest BCUT2D eigenvalue weighted by molar-refractivity contribution is -0.141. The van der Waals surface area contributed by atoms with E-state index in [2.05, 4.69) is 4.74 Å². The van der Waals surface area contributed by atoms with E-state index in [4.69, 9.17) is 4.74 Å². The van der Waals surface area contributed by atoms with E-state index in [-0.39, 0.29) is 16.9 Å². The molecule has 0 unspecified atom stereocenters. The number of halogens is 5. The Bertz CT molecular complexity index is 831. The maximum absolute atomic E-state index is 13.4. The smallest absolute Gasteiger partial charge is 0.416 e. The Morgan fingerprint density at radius 3 is 2.43 bits per heavy atom. The molecule has 2 aromatic rings. The number of hydrogen-bond donors (Lipinski definition) is 0. The average Bonchev–Trinajstić information content (AvgIpc) is 2.65. The van der Waals surface area contributed by atoms with Crippen molar-refractivity contribution in [3.8, 4) is 5.75 Å². The van der Waals surface area contributed by atoms with E-state index in [0.29, 0.717) is 12.0 Å². The molecule has 0 aliphatic heterocycles. The maximum Gasteiger partial charge on any atom is 0.416 e. The number of methoxy groups -OCH3 is 1. The summed E-state index contributed by atoms with van der Waals surface area (Å²) in [5.74, 6) is -0.922. The minimum atomic E-state index is -4.69. The fourth-order valence-electron chi connectivity index (χ4n) is 2.73. The summed E-state index contributed by atoms with van der Waals surface area (Å²) in [6, 6.07) is 7.53. The van der Waals surface area contributed by atoms with Gasteiger partial charge in [-0.15, -0.1) is 0 Å². The second kappa shape index (κ2) is 9.03. The predicted octanol–water partition coefficient (Wildman–Crippen LogP) is 5.50. The van der Waals surface area contributed by atoms with Crippen molar-refractivity contribution in [3.63, 3.8) is 0 Å². The molecule has 0 atom stereocenters. The second-order valence-corrected chi connectivity index (χ2v) is 6.01. The standard InChI is InChI=1S/C20H19F5O3/c1-3-12-7-8-17(14(9-12)19(21)22)28-11-15-13(10-18(26)27-2)5-4-6-16(15)20(23,24)25/h4-9,19H,3,10-11H2,1-2H3. The van der Waals surface area contributed by atoms with Crippen LogP contribution in [0.3, 0.4) is 0 Å². The van der Waals surface area contributed by atoms with Crippen LogP contribution in [0.4, 0.5) is 22.0 Å². The quantitative estimate of drug-likeness (QED) is 0.453. The topological polar surface area (TPSA) is 35.5 Å². The van der Waals surface area contributed by atoms with Gasteiger partial charge < -0.3 is 9.47 Å².